The molecule has 1 amide bonds. The number of benzene rings is 2. The zero-order valence-electron chi connectivity index (χ0n) is 14.0. The molecule has 0 spiro atoms. The van der Waals surface area contributed by atoms with E-state index in [0.717, 1.165) is 34.9 Å². The Labute approximate surface area is 151 Å². The number of alkyl halides is 2. The van der Waals surface area contributed by atoms with E-state index < -0.39 is 29.5 Å². The number of carbonyl (C=O) groups excluding carboxylic acids is 1. The summed E-state index contributed by atoms with van der Waals surface area (Å²) in [6, 6.07) is 5.16. The van der Waals surface area contributed by atoms with Gasteiger partial charge in [-0.15, -0.1) is 0 Å². The van der Waals surface area contributed by atoms with Gasteiger partial charge in [-0.05, 0) is 48.1 Å². The number of hydrogen-bond donors (Lipinski definition) is 2. The fourth-order valence-electron chi connectivity index (χ4n) is 3.26. The van der Waals surface area contributed by atoms with Gasteiger partial charge in [-0.3, -0.25) is 9.89 Å². The van der Waals surface area contributed by atoms with Gasteiger partial charge in [0.1, 0.15) is 11.6 Å². The van der Waals surface area contributed by atoms with E-state index >= 15 is 0 Å². The van der Waals surface area contributed by atoms with Gasteiger partial charge in [-0.25, -0.2) is 17.6 Å². The van der Waals surface area contributed by atoms with E-state index in [4.69, 9.17) is 0 Å². The highest BCUT2D eigenvalue weighted by molar-refractivity contribution is 5.94. The molecule has 0 bridgehead atoms. The molecule has 1 aliphatic rings. The van der Waals surface area contributed by atoms with Crippen LogP contribution in [0.1, 0.15) is 52.2 Å². The summed E-state index contributed by atoms with van der Waals surface area (Å²) in [6.45, 7) is 0.140. The highest BCUT2D eigenvalue weighted by atomic mass is 19.3. The topological polar surface area (TPSA) is 57.8 Å². The Morgan fingerprint density at radius 3 is 2.56 bits per heavy atom. The van der Waals surface area contributed by atoms with Crippen LogP contribution in [0.25, 0.3) is 10.9 Å². The van der Waals surface area contributed by atoms with E-state index in [-0.39, 0.29) is 12.1 Å². The molecule has 0 atom stereocenters. The second-order valence-electron chi connectivity index (χ2n) is 6.58. The molecule has 1 heterocycles. The quantitative estimate of drug-likeness (QED) is 0.639. The largest absolute Gasteiger partial charge is 0.348 e. The maximum atomic E-state index is 13.7. The zero-order chi connectivity index (χ0) is 19.1. The summed E-state index contributed by atoms with van der Waals surface area (Å²) in [5, 5.41) is 10.4. The predicted molar refractivity (Wildman–Crippen MR) is 90.6 cm³/mol. The third-order valence-electron chi connectivity index (χ3n) is 4.77. The number of fused-ring (bicyclic) bond motifs is 1. The predicted octanol–water partition coefficient (Wildman–Crippen LogP) is 4.59. The van der Waals surface area contributed by atoms with Crippen LogP contribution >= 0.6 is 0 Å². The van der Waals surface area contributed by atoms with Crippen molar-refractivity contribution in [1.82, 2.24) is 15.5 Å². The van der Waals surface area contributed by atoms with Crippen LogP contribution in [-0.2, 0) is 6.54 Å². The first-order valence-corrected chi connectivity index (χ1v) is 8.46. The molecule has 4 nitrogen and oxygen atoms in total. The molecule has 0 aliphatic heterocycles. The van der Waals surface area contributed by atoms with Crippen LogP contribution in [0.15, 0.2) is 30.5 Å². The molecule has 1 aliphatic carbocycles. The van der Waals surface area contributed by atoms with E-state index in [1.807, 2.05) is 12.1 Å². The van der Waals surface area contributed by atoms with E-state index in [0.29, 0.717) is 18.1 Å². The average Bonchev–Trinajstić information content (AvgIpc) is 3.34. The molecule has 0 unspecified atom stereocenters. The Balaban J connectivity index is 1.59. The first-order chi connectivity index (χ1) is 13.0. The van der Waals surface area contributed by atoms with Crippen molar-refractivity contribution in [3.05, 3.63) is 64.4 Å². The SMILES string of the molecule is O=C(NCc1c(C2CC2)ccc2[nH]ncc12)c1cc(F)c(C(F)F)c(F)c1. The van der Waals surface area contributed by atoms with E-state index in [1.165, 1.54) is 0 Å². The molecule has 4 rings (SSSR count). The van der Waals surface area contributed by atoms with Crippen LogP contribution in [0.4, 0.5) is 17.6 Å². The van der Waals surface area contributed by atoms with Crippen molar-refractivity contribution in [2.75, 3.05) is 0 Å². The number of halogens is 4. The van der Waals surface area contributed by atoms with Gasteiger partial charge in [0, 0.05) is 17.5 Å². The Kier molecular flexibility index (Phi) is 4.33. The number of amides is 1. The number of hydrogen-bond acceptors (Lipinski definition) is 2. The van der Waals surface area contributed by atoms with Gasteiger partial charge in [0.05, 0.1) is 17.3 Å². The van der Waals surface area contributed by atoms with Gasteiger partial charge in [-0.1, -0.05) is 6.07 Å². The number of nitrogens with zero attached hydrogens (tertiary/aromatic N) is 1. The molecular formula is C19H15F4N3O. The summed E-state index contributed by atoms with van der Waals surface area (Å²) in [5.41, 5.74) is 1.14. The molecule has 0 radical (unpaired) electrons. The van der Waals surface area contributed by atoms with E-state index in [9.17, 15) is 22.4 Å². The number of nitrogens with one attached hydrogen (secondary N) is 2. The molecule has 3 aromatic rings. The van der Waals surface area contributed by atoms with Gasteiger partial charge in [0.15, 0.2) is 0 Å². The third-order valence-corrected chi connectivity index (χ3v) is 4.77. The minimum atomic E-state index is -3.29. The molecule has 8 heteroatoms. The highest BCUT2D eigenvalue weighted by Crippen LogP contribution is 2.43. The molecule has 0 saturated heterocycles. The lowest BCUT2D eigenvalue weighted by Gasteiger charge is -2.12. The molecule has 27 heavy (non-hydrogen) atoms. The summed E-state index contributed by atoms with van der Waals surface area (Å²) >= 11 is 0. The second-order valence-corrected chi connectivity index (χ2v) is 6.58. The van der Waals surface area contributed by atoms with Gasteiger partial charge >= 0.3 is 0 Å². The number of rotatable bonds is 5. The average molecular weight is 377 g/mol. The summed E-state index contributed by atoms with van der Waals surface area (Å²) in [4.78, 5) is 12.3. The molecule has 140 valence electrons. The van der Waals surface area contributed by atoms with Crippen LogP contribution in [-0.4, -0.2) is 16.1 Å². The Bertz CT molecular complexity index is 1000. The Morgan fingerprint density at radius 2 is 1.93 bits per heavy atom. The second kappa shape index (κ2) is 6.68. The third kappa shape index (κ3) is 3.27. The van der Waals surface area contributed by atoms with Gasteiger partial charge < -0.3 is 5.32 Å². The van der Waals surface area contributed by atoms with Crippen LogP contribution in [0.3, 0.4) is 0 Å². The maximum Gasteiger partial charge on any atom is 0.269 e. The smallest absolute Gasteiger partial charge is 0.269 e. The first-order valence-electron chi connectivity index (χ1n) is 8.46. The fourth-order valence-corrected chi connectivity index (χ4v) is 3.26. The number of carbonyl (C=O) groups is 1. The molecule has 1 saturated carbocycles. The van der Waals surface area contributed by atoms with Crippen molar-refractivity contribution >= 4 is 16.8 Å². The molecule has 2 aromatic carbocycles. The monoisotopic (exact) mass is 377 g/mol. The van der Waals surface area contributed by atoms with E-state index in [2.05, 4.69) is 15.5 Å². The number of H-pyrrole nitrogens is 1. The number of aromatic nitrogens is 2. The summed E-state index contributed by atoms with van der Waals surface area (Å²) in [7, 11) is 0. The van der Waals surface area contributed by atoms with Gasteiger partial charge in [-0.2, -0.15) is 5.10 Å². The standard InChI is InChI=1S/C19H15F4N3O/c20-14-5-10(6-15(21)17(14)18(22)23)19(27)24-7-12-11(9-1-2-9)3-4-16-13(12)8-25-26-16/h3-6,8-9,18H,1-2,7H2,(H,24,27)(H,25,26). The van der Waals surface area contributed by atoms with Crippen molar-refractivity contribution < 1.29 is 22.4 Å². The van der Waals surface area contributed by atoms with Crippen molar-refractivity contribution in [2.24, 2.45) is 0 Å². The summed E-state index contributed by atoms with van der Waals surface area (Å²) in [6.07, 6.45) is 0.507. The number of aromatic amines is 1. The van der Waals surface area contributed by atoms with Crippen LogP contribution < -0.4 is 5.32 Å². The fraction of sp³-hybridized carbons (Fsp3) is 0.263. The lowest BCUT2D eigenvalue weighted by atomic mass is 9.99. The lowest BCUT2D eigenvalue weighted by molar-refractivity contribution is 0.0948. The molecule has 1 fully saturated rings. The Hall–Kier alpha value is -2.90. The van der Waals surface area contributed by atoms with Crippen molar-refractivity contribution in [3.8, 4) is 0 Å². The molecule has 2 N–H and O–H groups in total. The van der Waals surface area contributed by atoms with E-state index in [1.54, 1.807) is 6.20 Å². The van der Waals surface area contributed by atoms with Crippen LogP contribution in [0, 0.1) is 11.6 Å². The highest BCUT2D eigenvalue weighted by Gasteiger charge is 2.27. The van der Waals surface area contributed by atoms with Crippen molar-refractivity contribution in [2.45, 2.75) is 31.7 Å². The maximum absolute atomic E-state index is 13.7. The van der Waals surface area contributed by atoms with Gasteiger partial charge in [0.2, 0.25) is 0 Å². The minimum absolute atomic E-state index is 0.140. The first kappa shape index (κ1) is 17.5. The van der Waals surface area contributed by atoms with Gasteiger partial charge in [0.25, 0.3) is 12.3 Å². The molecule has 1 aromatic heterocycles. The van der Waals surface area contributed by atoms with Crippen molar-refractivity contribution in [1.29, 1.82) is 0 Å². The lowest BCUT2D eigenvalue weighted by Crippen LogP contribution is -2.24. The van der Waals surface area contributed by atoms with Crippen LogP contribution in [0.5, 0.6) is 0 Å². The zero-order valence-corrected chi connectivity index (χ0v) is 14.0. The molecular weight excluding hydrogens is 362 g/mol. The van der Waals surface area contributed by atoms with Crippen LogP contribution in [0.2, 0.25) is 0 Å². The van der Waals surface area contributed by atoms with Crippen molar-refractivity contribution in [3.63, 3.8) is 0 Å². The summed E-state index contributed by atoms with van der Waals surface area (Å²) in [5.74, 6) is -3.19. The minimum Gasteiger partial charge on any atom is -0.348 e. The normalized spacial score (nSPS) is 14.1. The summed E-state index contributed by atoms with van der Waals surface area (Å²) < 4.78 is 52.7. The Morgan fingerprint density at radius 1 is 1.22 bits per heavy atom.